The normalized spacial score (nSPS) is 23.4. The first-order valence-corrected chi connectivity index (χ1v) is 9.47. The molecule has 0 fully saturated rings. The largest absolute Gasteiger partial charge is 0.431 e. The number of aliphatic hydroxyl groups excluding tert-OH is 1. The summed E-state index contributed by atoms with van der Waals surface area (Å²) in [5, 5.41) is 9.84. The highest BCUT2D eigenvalue weighted by atomic mass is 19.4. The quantitative estimate of drug-likeness (QED) is 0.835. The monoisotopic (exact) mass is 392 g/mol. The number of aromatic nitrogens is 1. The van der Waals surface area contributed by atoms with Gasteiger partial charge in [-0.1, -0.05) is 25.1 Å². The zero-order valence-corrected chi connectivity index (χ0v) is 15.8. The number of hydrogen-bond donors (Lipinski definition) is 2. The molecule has 2 heterocycles. The number of rotatable bonds is 4. The lowest BCUT2D eigenvalue weighted by molar-refractivity contribution is -0.141. The van der Waals surface area contributed by atoms with Crippen LogP contribution >= 0.6 is 0 Å². The Morgan fingerprint density at radius 1 is 1.39 bits per heavy atom. The van der Waals surface area contributed by atoms with E-state index < -0.39 is 11.9 Å². The topological polar surface area (TPSA) is 56.3 Å². The van der Waals surface area contributed by atoms with Gasteiger partial charge in [-0.25, -0.2) is 0 Å². The van der Waals surface area contributed by atoms with Gasteiger partial charge < -0.3 is 10.1 Å². The van der Waals surface area contributed by atoms with E-state index in [1.165, 1.54) is 0 Å². The second-order valence-corrected chi connectivity index (χ2v) is 8.05. The number of fused-ring (bicyclic) bond motifs is 2. The number of H-pyrrole nitrogens is 1. The number of aromatic amines is 1. The third-order valence-corrected chi connectivity index (χ3v) is 5.95. The van der Waals surface area contributed by atoms with Crippen LogP contribution in [0.1, 0.15) is 30.2 Å². The summed E-state index contributed by atoms with van der Waals surface area (Å²) in [5.41, 5.74) is 1.82. The fraction of sp³-hybridized carbons (Fsp3) is 0.476. The summed E-state index contributed by atoms with van der Waals surface area (Å²) in [6, 6.07) is 5.07. The van der Waals surface area contributed by atoms with Gasteiger partial charge in [0, 0.05) is 42.4 Å². The van der Waals surface area contributed by atoms with Crippen molar-refractivity contribution in [1.29, 1.82) is 0 Å². The summed E-state index contributed by atoms with van der Waals surface area (Å²) in [5.74, 6) is -0.361. The third kappa shape index (κ3) is 3.06. The Bertz CT molecular complexity index is 960. The van der Waals surface area contributed by atoms with Crippen molar-refractivity contribution in [2.45, 2.75) is 32.0 Å². The molecule has 1 aromatic carbocycles. The van der Waals surface area contributed by atoms with Gasteiger partial charge in [-0.2, -0.15) is 13.2 Å². The number of ketones is 1. The van der Waals surface area contributed by atoms with Gasteiger partial charge >= 0.3 is 6.18 Å². The fourth-order valence-corrected chi connectivity index (χ4v) is 4.54. The molecule has 1 aliphatic heterocycles. The standard InChI is InChI=1S/C21H23F3N2O2/c1-11(10-27)6-18(28)12-7-14-13-4-3-5-16-19(13)15(8-17(14)26(2)9-12)20(25-16)21(22,23)24/h3-5,7,11-12,17,25,27H,6,8-10H2,1-2H3. The molecule has 2 aromatic rings. The molecule has 150 valence electrons. The van der Waals surface area contributed by atoms with Crippen molar-refractivity contribution in [1.82, 2.24) is 9.88 Å². The van der Waals surface area contributed by atoms with Gasteiger partial charge in [0.25, 0.3) is 0 Å². The van der Waals surface area contributed by atoms with Crippen LogP contribution < -0.4 is 0 Å². The predicted octanol–water partition coefficient (Wildman–Crippen LogP) is 3.64. The molecule has 0 saturated carbocycles. The molecule has 0 spiro atoms. The van der Waals surface area contributed by atoms with Gasteiger partial charge in [0.05, 0.1) is 0 Å². The molecule has 28 heavy (non-hydrogen) atoms. The second-order valence-electron chi connectivity index (χ2n) is 8.05. The first-order valence-electron chi connectivity index (χ1n) is 9.47. The van der Waals surface area contributed by atoms with E-state index >= 15 is 0 Å². The van der Waals surface area contributed by atoms with E-state index in [1.54, 1.807) is 12.1 Å². The number of aliphatic hydroxyl groups is 1. The van der Waals surface area contributed by atoms with Gasteiger partial charge in [-0.3, -0.25) is 9.69 Å². The Kier molecular flexibility index (Phi) is 4.62. The lowest BCUT2D eigenvalue weighted by Gasteiger charge is -2.40. The molecule has 0 saturated heterocycles. The molecule has 0 amide bonds. The lowest BCUT2D eigenvalue weighted by atomic mass is 9.78. The first kappa shape index (κ1) is 19.2. The van der Waals surface area contributed by atoms with Crippen LogP contribution in [0.4, 0.5) is 13.2 Å². The van der Waals surface area contributed by atoms with E-state index in [0.29, 0.717) is 29.4 Å². The highest BCUT2D eigenvalue weighted by Crippen LogP contribution is 2.45. The number of hydrogen-bond acceptors (Lipinski definition) is 3. The summed E-state index contributed by atoms with van der Waals surface area (Å²) in [7, 11) is 1.86. The van der Waals surface area contributed by atoms with Gasteiger partial charge in [-0.15, -0.1) is 0 Å². The summed E-state index contributed by atoms with van der Waals surface area (Å²) < 4.78 is 40.6. The Labute approximate surface area is 161 Å². The van der Waals surface area contributed by atoms with Crippen LogP contribution in [0, 0.1) is 11.8 Å². The molecule has 1 aliphatic carbocycles. The van der Waals surface area contributed by atoms with Crippen molar-refractivity contribution in [2.75, 3.05) is 20.2 Å². The van der Waals surface area contributed by atoms with Gasteiger partial charge in [-0.05, 0) is 42.2 Å². The number of benzene rings is 1. The van der Waals surface area contributed by atoms with Crippen LogP contribution in [0.2, 0.25) is 0 Å². The minimum Gasteiger partial charge on any atom is -0.396 e. The van der Waals surface area contributed by atoms with Crippen molar-refractivity contribution in [3.05, 3.63) is 41.1 Å². The summed E-state index contributed by atoms with van der Waals surface area (Å²) in [6.45, 7) is 2.26. The van der Waals surface area contributed by atoms with Crippen LogP contribution in [0.3, 0.4) is 0 Å². The summed E-state index contributed by atoms with van der Waals surface area (Å²) in [6.07, 6.45) is -1.93. The average Bonchev–Trinajstić information content (AvgIpc) is 3.02. The van der Waals surface area contributed by atoms with E-state index in [1.807, 2.05) is 31.0 Å². The Morgan fingerprint density at radius 2 is 2.14 bits per heavy atom. The maximum absolute atomic E-state index is 13.5. The maximum atomic E-state index is 13.5. The number of nitrogens with one attached hydrogen (secondary N) is 1. The smallest absolute Gasteiger partial charge is 0.396 e. The van der Waals surface area contributed by atoms with Crippen LogP contribution in [-0.2, 0) is 17.4 Å². The molecule has 2 aliphatic rings. The Morgan fingerprint density at radius 3 is 2.82 bits per heavy atom. The molecular formula is C21H23F3N2O2. The second kappa shape index (κ2) is 6.74. The van der Waals surface area contributed by atoms with E-state index in [-0.39, 0.29) is 36.7 Å². The van der Waals surface area contributed by atoms with Crippen molar-refractivity contribution in [3.8, 4) is 0 Å². The van der Waals surface area contributed by atoms with Crippen LogP contribution in [0.15, 0.2) is 24.3 Å². The van der Waals surface area contributed by atoms with Crippen LogP contribution in [0.5, 0.6) is 0 Å². The molecular weight excluding hydrogens is 369 g/mol. The number of likely N-dealkylation sites (N-methyl/N-ethyl adjacent to an activating group) is 1. The lowest BCUT2D eigenvalue weighted by Crippen LogP contribution is -2.44. The number of Topliss-reactive ketones (excluding diaryl/α,β-unsaturated/α-hetero) is 1. The summed E-state index contributed by atoms with van der Waals surface area (Å²) >= 11 is 0. The fourth-order valence-electron chi connectivity index (χ4n) is 4.54. The summed E-state index contributed by atoms with van der Waals surface area (Å²) in [4.78, 5) is 17.2. The number of halogens is 3. The van der Waals surface area contributed by atoms with E-state index in [2.05, 4.69) is 4.98 Å². The number of alkyl halides is 3. The van der Waals surface area contributed by atoms with Crippen molar-refractivity contribution in [2.24, 2.45) is 11.8 Å². The number of carbonyl (C=O) groups excluding carboxylic acids is 1. The number of nitrogens with zero attached hydrogens (tertiary/aromatic N) is 1. The van der Waals surface area contributed by atoms with Crippen molar-refractivity contribution < 1.29 is 23.1 Å². The minimum absolute atomic E-state index is 0.0419. The zero-order chi connectivity index (χ0) is 20.2. The van der Waals surface area contributed by atoms with Crippen molar-refractivity contribution >= 4 is 22.3 Å². The third-order valence-electron chi connectivity index (χ3n) is 5.95. The van der Waals surface area contributed by atoms with Gasteiger partial charge in [0.15, 0.2) is 0 Å². The van der Waals surface area contributed by atoms with E-state index in [4.69, 9.17) is 0 Å². The molecule has 4 rings (SSSR count). The molecule has 7 heteroatoms. The highest BCUT2D eigenvalue weighted by Gasteiger charge is 2.42. The molecule has 1 aromatic heterocycles. The zero-order valence-electron chi connectivity index (χ0n) is 15.8. The number of carbonyl (C=O) groups is 1. The molecule has 3 atom stereocenters. The van der Waals surface area contributed by atoms with Crippen molar-refractivity contribution in [3.63, 3.8) is 0 Å². The SMILES string of the molecule is CC(CO)CC(=O)C1C=C2c3cccc4[nH]c(C(F)(F)F)c(c34)CC2N(C)C1. The minimum atomic E-state index is -4.43. The Hall–Kier alpha value is -2.12. The van der Waals surface area contributed by atoms with Crippen LogP contribution in [-0.4, -0.2) is 47.0 Å². The predicted molar refractivity (Wildman–Crippen MR) is 101 cm³/mol. The molecule has 0 radical (unpaired) electrons. The first-order chi connectivity index (χ1) is 13.2. The highest BCUT2D eigenvalue weighted by molar-refractivity contribution is 6.00. The molecule has 0 bridgehead atoms. The molecule has 4 nitrogen and oxygen atoms in total. The van der Waals surface area contributed by atoms with Gasteiger partial charge in [0.1, 0.15) is 11.5 Å². The van der Waals surface area contributed by atoms with E-state index in [9.17, 15) is 23.1 Å². The van der Waals surface area contributed by atoms with Crippen LogP contribution in [0.25, 0.3) is 16.5 Å². The maximum Gasteiger partial charge on any atom is 0.431 e. The Balaban J connectivity index is 1.82. The average molecular weight is 392 g/mol. The molecule has 2 N–H and O–H groups in total. The molecule has 3 unspecified atom stereocenters. The van der Waals surface area contributed by atoms with E-state index in [0.717, 1.165) is 11.1 Å². The van der Waals surface area contributed by atoms with Gasteiger partial charge in [0.2, 0.25) is 0 Å².